The molecule has 0 aromatic heterocycles. The molecule has 0 bridgehead atoms. The Labute approximate surface area is 187 Å². The van der Waals surface area contributed by atoms with Gasteiger partial charge in [0.25, 0.3) is 5.91 Å². The minimum atomic E-state index is -0.310. The Hall–Kier alpha value is -3.87. The van der Waals surface area contributed by atoms with Crippen LogP contribution in [0.25, 0.3) is 10.8 Å². The SMILES string of the molecule is COc1ccc(CCNC(=O)C/C(C)=N\NC(=O)c2cccc3ccccc23)cc1OC. The lowest BCUT2D eigenvalue weighted by atomic mass is 10.0. The van der Waals surface area contributed by atoms with Crippen molar-refractivity contribution < 1.29 is 19.1 Å². The number of methoxy groups -OCH3 is 2. The first-order valence-electron chi connectivity index (χ1n) is 10.3. The van der Waals surface area contributed by atoms with Gasteiger partial charge in [-0.25, -0.2) is 5.43 Å². The van der Waals surface area contributed by atoms with Crippen LogP contribution in [0, 0.1) is 0 Å². The minimum Gasteiger partial charge on any atom is -0.493 e. The quantitative estimate of drug-likeness (QED) is 0.398. The monoisotopic (exact) mass is 433 g/mol. The summed E-state index contributed by atoms with van der Waals surface area (Å²) < 4.78 is 10.5. The normalized spacial score (nSPS) is 11.2. The molecule has 7 nitrogen and oxygen atoms in total. The van der Waals surface area contributed by atoms with E-state index in [0.29, 0.717) is 35.7 Å². The molecule has 0 heterocycles. The minimum absolute atomic E-state index is 0.0990. The molecule has 0 unspecified atom stereocenters. The van der Waals surface area contributed by atoms with Crippen molar-refractivity contribution in [3.8, 4) is 11.5 Å². The van der Waals surface area contributed by atoms with Crippen molar-refractivity contribution in [2.75, 3.05) is 20.8 Å². The van der Waals surface area contributed by atoms with Gasteiger partial charge in [0, 0.05) is 17.8 Å². The molecule has 0 radical (unpaired) electrons. The number of fused-ring (bicyclic) bond motifs is 1. The number of hydrogen-bond acceptors (Lipinski definition) is 5. The number of amides is 2. The Balaban J connectivity index is 1.49. The second-order valence-electron chi connectivity index (χ2n) is 7.28. The third-order valence-corrected chi connectivity index (χ3v) is 4.98. The molecule has 166 valence electrons. The molecule has 3 aromatic carbocycles. The van der Waals surface area contributed by atoms with Crippen molar-refractivity contribution in [1.82, 2.24) is 10.7 Å². The van der Waals surface area contributed by atoms with Crippen LogP contribution in [0.3, 0.4) is 0 Å². The molecular formula is C25H27N3O4. The molecular weight excluding hydrogens is 406 g/mol. The van der Waals surface area contributed by atoms with E-state index in [-0.39, 0.29) is 18.2 Å². The van der Waals surface area contributed by atoms with Gasteiger partial charge < -0.3 is 14.8 Å². The van der Waals surface area contributed by atoms with E-state index in [1.807, 2.05) is 54.6 Å². The maximum Gasteiger partial charge on any atom is 0.271 e. The Kier molecular flexibility index (Phi) is 7.80. The number of hydrogen-bond donors (Lipinski definition) is 2. The van der Waals surface area contributed by atoms with Gasteiger partial charge in [-0.1, -0.05) is 42.5 Å². The van der Waals surface area contributed by atoms with Crippen molar-refractivity contribution >= 4 is 28.3 Å². The van der Waals surface area contributed by atoms with Crippen LogP contribution in [-0.4, -0.2) is 38.3 Å². The van der Waals surface area contributed by atoms with E-state index in [1.165, 1.54) is 0 Å². The highest BCUT2D eigenvalue weighted by molar-refractivity contribution is 6.07. The summed E-state index contributed by atoms with van der Waals surface area (Å²) in [6.07, 6.45) is 0.752. The number of carbonyl (C=O) groups is 2. The number of carbonyl (C=O) groups excluding carboxylic acids is 2. The maximum absolute atomic E-state index is 12.5. The van der Waals surface area contributed by atoms with Crippen molar-refractivity contribution in [3.05, 3.63) is 71.8 Å². The highest BCUT2D eigenvalue weighted by Gasteiger charge is 2.10. The molecule has 7 heteroatoms. The van der Waals surface area contributed by atoms with E-state index in [0.717, 1.165) is 16.3 Å². The van der Waals surface area contributed by atoms with Gasteiger partial charge in [-0.15, -0.1) is 0 Å². The van der Waals surface area contributed by atoms with Gasteiger partial charge in [0.1, 0.15) is 0 Å². The van der Waals surface area contributed by atoms with Crippen LogP contribution in [0.5, 0.6) is 11.5 Å². The second-order valence-corrected chi connectivity index (χ2v) is 7.28. The summed E-state index contributed by atoms with van der Waals surface area (Å²) in [6, 6.07) is 18.9. The van der Waals surface area contributed by atoms with Gasteiger partial charge in [0.05, 0.1) is 20.6 Å². The Morgan fingerprint density at radius 3 is 2.47 bits per heavy atom. The van der Waals surface area contributed by atoms with E-state index < -0.39 is 0 Å². The van der Waals surface area contributed by atoms with E-state index >= 15 is 0 Å². The van der Waals surface area contributed by atoms with Gasteiger partial charge in [0.2, 0.25) is 5.91 Å². The molecule has 2 N–H and O–H groups in total. The molecule has 0 aliphatic rings. The number of benzene rings is 3. The molecule has 2 amide bonds. The van der Waals surface area contributed by atoms with Gasteiger partial charge in [-0.3, -0.25) is 9.59 Å². The zero-order valence-corrected chi connectivity index (χ0v) is 18.5. The lowest BCUT2D eigenvalue weighted by Gasteiger charge is -2.10. The van der Waals surface area contributed by atoms with Crippen LogP contribution in [0.15, 0.2) is 65.8 Å². The zero-order valence-electron chi connectivity index (χ0n) is 18.5. The topological polar surface area (TPSA) is 89.0 Å². The first-order chi connectivity index (χ1) is 15.5. The van der Waals surface area contributed by atoms with E-state index in [4.69, 9.17) is 9.47 Å². The lowest BCUT2D eigenvalue weighted by molar-refractivity contribution is -0.119. The largest absolute Gasteiger partial charge is 0.493 e. The summed E-state index contributed by atoms with van der Waals surface area (Å²) >= 11 is 0. The average Bonchev–Trinajstić information content (AvgIpc) is 2.82. The summed E-state index contributed by atoms with van der Waals surface area (Å²) in [6.45, 7) is 2.18. The average molecular weight is 434 g/mol. The Morgan fingerprint density at radius 2 is 1.69 bits per heavy atom. The van der Waals surface area contributed by atoms with Crippen LogP contribution in [-0.2, 0) is 11.2 Å². The summed E-state index contributed by atoms with van der Waals surface area (Å²) in [7, 11) is 3.18. The number of rotatable bonds is 9. The predicted octanol–water partition coefficient (Wildman–Crippen LogP) is 3.71. The molecule has 0 atom stereocenters. The fourth-order valence-electron chi connectivity index (χ4n) is 3.35. The number of hydrazone groups is 1. The number of ether oxygens (including phenoxy) is 2. The summed E-state index contributed by atoms with van der Waals surface area (Å²) in [5.41, 5.74) is 4.63. The number of nitrogens with zero attached hydrogens (tertiary/aromatic N) is 1. The molecule has 32 heavy (non-hydrogen) atoms. The maximum atomic E-state index is 12.5. The van der Waals surface area contributed by atoms with Crippen LogP contribution in [0.1, 0.15) is 29.3 Å². The highest BCUT2D eigenvalue weighted by atomic mass is 16.5. The lowest BCUT2D eigenvalue weighted by Crippen LogP contribution is -2.28. The standard InChI is InChI=1S/C25H27N3O4/c1-17(27-28-25(30)21-10-6-8-19-7-4-5-9-20(19)21)15-24(29)26-14-13-18-11-12-22(31-2)23(16-18)32-3/h4-12,16H,13-15H2,1-3H3,(H,26,29)(H,28,30)/b27-17-. The Bertz CT molecular complexity index is 1140. The van der Waals surface area contributed by atoms with Gasteiger partial charge >= 0.3 is 0 Å². The highest BCUT2D eigenvalue weighted by Crippen LogP contribution is 2.27. The summed E-state index contributed by atoms with van der Waals surface area (Å²) in [5.74, 6) is 0.847. The van der Waals surface area contributed by atoms with Crippen LogP contribution in [0.4, 0.5) is 0 Å². The molecule has 3 aromatic rings. The molecule has 0 saturated carbocycles. The van der Waals surface area contributed by atoms with Crippen LogP contribution < -0.4 is 20.2 Å². The van der Waals surface area contributed by atoms with Gasteiger partial charge in [-0.05, 0) is 47.9 Å². The number of nitrogens with one attached hydrogen (secondary N) is 2. The third kappa shape index (κ3) is 5.85. The Morgan fingerprint density at radius 1 is 0.938 bits per heavy atom. The summed E-state index contributed by atoms with van der Waals surface area (Å²) in [4.78, 5) is 24.7. The second kappa shape index (κ2) is 10.9. The predicted molar refractivity (Wildman–Crippen MR) is 125 cm³/mol. The van der Waals surface area contributed by atoms with Crippen molar-refractivity contribution in [3.63, 3.8) is 0 Å². The molecule has 0 spiro atoms. The molecule has 0 aliphatic carbocycles. The molecule has 0 aliphatic heterocycles. The summed E-state index contributed by atoms with van der Waals surface area (Å²) in [5, 5.41) is 8.78. The van der Waals surface area contributed by atoms with Crippen LogP contribution in [0.2, 0.25) is 0 Å². The fraction of sp³-hybridized carbons (Fsp3) is 0.240. The van der Waals surface area contributed by atoms with E-state index in [1.54, 1.807) is 27.2 Å². The van der Waals surface area contributed by atoms with Crippen molar-refractivity contribution in [1.29, 1.82) is 0 Å². The van der Waals surface area contributed by atoms with E-state index in [2.05, 4.69) is 15.8 Å². The molecule has 0 saturated heterocycles. The smallest absolute Gasteiger partial charge is 0.271 e. The fourth-order valence-corrected chi connectivity index (χ4v) is 3.35. The van der Waals surface area contributed by atoms with Gasteiger partial charge in [-0.2, -0.15) is 5.10 Å². The van der Waals surface area contributed by atoms with Crippen molar-refractivity contribution in [2.45, 2.75) is 19.8 Å². The molecule has 0 fully saturated rings. The van der Waals surface area contributed by atoms with Gasteiger partial charge in [0.15, 0.2) is 11.5 Å². The first-order valence-corrected chi connectivity index (χ1v) is 10.3. The van der Waals surface area contributed by atoms with Crippen LogP contribution >= 0.6 is 0 Å². The van der Waals surface area contributed by atoms with E-state index in [9.17, 15) is 9.59 Å². The van der Waals surface area contributed by atoms with Crippen molar-refractivity contribution in [2.24, 2.45) is 5.10 Å². The zero-order chi connectivity index (χ0) is 22.9. The first kappa shape index (κ1) is 22.8. The molecule has 3 rings (SSSR count). The third-order valence-electron chi connectivity index (χ3n) is 4.98.